The second-order valence-corrected chi connectivity index (χ2v) is 9.64. The number of fused-ring (bicyclic) bond motifs is 1. The third-order valence-corrected chi connectivity index (χ3v) is 7.32. The predicted octanol–water partition coefficient (Wildman–Crippen LogP) is 3.74. The van der Waals surface area contributed by atoms with Gasteiger partial charge in [0.1, 0.15) is 6.61 Å². The molecule has 7 nitrogen and oxygen atoms in total. The highest BCUT2D eigenvalue weighted by molar-refractivity contribution is 7.92. The maximum absolute atomic E-state index is 13.5. The van der Waals surface area contributed by atoms with Gasteiger partial charge in [-0.05, 0) is 68.0 Å². The molecule has 0 radical (unpaired) electrons. The van der Waals surface area contributed by atoms with E-state index in [1.54, 1.807) is 24.3 Å². The molecule has 9 heteroatoms. The topological polar surface area (TPSA) is 95.9 Å². The number of aryl methyl sites for hydroxylation is 1. The number of hydrogen-bond donors (Lipinski definition) is 2. The van der Waals surface area contributed by atoms with Crippen LogP contribution in [0.5, 0.6) is 0 Å². The van der Waals surface area contributed by atoms with Crippen LogP contribution < -0.4 is 9.62 Å². The number of aliphatic hydroxyl groups is 1. The highest BCUT2D eigenvalue weighted by atomic mass is 35.5. The van der Waals surface area contributed by atoms with E-state index in [1.165, 1.54) is 16.4 Å². The first-order chi connectivity index (χ1) is 14.9. The van der Waals surface area contributed by atoms with E-state index >= 15 is 0 Å². The molecule has 168 valence electrons. The molecule has 2 aromatic rings. The molecule has 1 unspecified atom stereocenters. The van der Waals surface area contributed by atoms with E-state index in [-0.39, 0.29) is 18.1 Å². The molecule has 0 saturated heterocycles. The Morgan fingerprint density at radius 2 is 1.87 bits per heavy atom. The maximum Gasteiger partial charge on any atom is 0.407 e. The molecule has 1 amide bonds. The summed E-state index contributed by atoms with van der Waals surface area (Å²) >= 11 is 5.93. The Bertz CT molecular complexity index is 982. The Kier molecular flexibility index (Phi) is 8.17. The minimum atomic E-state index is -3.88. The highest BCUT2D eigenvalue weighted by Gasteiger charge is 2.36. The van der Waals surface area contributed by atoms with Crippen LogP contribution in [-0.4, -0.2) is 45.4 Å². The van der Waals surface area contributed by atoms with Crippen molar-refractivity contribution in [1.82, 2.24) is 5.32 Å². The van der Waals surface area contributed by atoms with Crippen molar-refractivity contribution in [2.45, 2.75) is 43.0 Å². The van der Waals surface area contributed by atoms with Crippen LogP contribution in [0.25, 0.3) is 0 Å². The number of benzene rings is 2. The van der Waals surface area contributed by atoms with E-state index in [9.17, 15) is 13.2 Å². The first-order valence-corrected chi connectivity index (χ1v) is 12.1. The third kappa shape index (κ3) is 5.90. The maximum atomic E-state index is 13.5. The zero-order valence-electron chi connectivity index (χ0n) is 17.2. The van der Waals surface area contributed by atoms with Gasteiger partial charge in [-0.1, -0.05) is 29.8 Å². The van der Waals surface area contributed by atoms with Gasteiger partial charge in [0.25, 0.3) is 10.0 Å². The number of carbonyl (C=O) groups is 1. The van der Waals surface area contributed by atoms with Crippen LogP contribution in [0.2, 0.25) is 5.02 Å². The van der Waals surface area contributed by atoms with E-state index in [1.807, 2.05) is 12.1 Å². The van der Waals surface area contributed by atoms with Crippen molar-refractivity contribution in [1.29, 1.82) is 0 Å². The van der Waals surface area contributed by atoms with Crippen molar-refractivity contribution < 1.29 is 23.1 Å². The van der Waals surface area contributed by atoms with Crippen molar-refractivity contribution in [3.05, 3.63) is 59.1 Å². The average molecular weight is 467 g/mol. The van der Waals surface area contributed by atoms with E-state index < -0.39 is 22.2 Å². The number of rotatable bonds is 9. The van der Waals surface area contributed by atoms with Crippen LogP contribution in [0.1, 0.15) is 31.2 Å². The van der Waals surface area contributed by atoms with E-state index in [0.717, 1.165) is 18.4 Å². The Morgan fingerprint density at radius 3 is 2.61 bits per heavy atom. The SMILES string of the molecule is O=C(NCCCCCO)OCC1CCc2ccccc2N1S(=O)(=O)c1ccc(Cl)cc1. The molecule has 0 aromatic heterocycles. The number of halogens is 1. The van der Waals surface area contributed by atoms with Crippen LogP contribution in [-0.2, 0) is 21.2 Å². The number of sulfonamides is 1. The number of unbranched alkanes of at least 4 members (excludes halogenated alkanes) is 2. The summed E-state index contributed by atoms with van der Waals surface area (Å²) in [7, 11) is -3.88. The molecule has 1 aliphatic rings. The number of alkyl carbamates (subject to hydrolysis) is 1. The molecular weight excluding hydrogens is 440 g/mol. The molecule has 1 heterocycles. The minimum Gasteiger partial charge on any atom is -0.447 e. The van der Waals surface area contributed by atoms with Crippen molar-refractivity contribution in [2.75, 3.05) is 24.1 Å². The third-order valence-electron chi connectivity index (χ3n) is 5.19. The van der Waals surface area contributed by atoms with Crippen LogP contribution in [0.3, 0.4) is 0 Å². The Hall–Kier alpha value is -2.29. The molecule has 1 aliphatic heterocycles. The lowest BCUT2D eigenvalue weighted by atomic mass is 9.98. The van der Waals surface area contributed by atoms with Crippen molar-refractivity contribution in [3.63, 3.8) is 0 Å². The molecule has 0 saturated carbocycles. The summed E-state index contributed by atoms with van der Waals surface area (Å²) in [5.41, 5.74) is 1.53. The summed E-state index contributed by atoms with van der Waals surface area (Å²) in [5.74, 6) is 0. The lowest BCUT2D eigenvalue weighted by Crippen LogP contribution is -2.47. The standard InChI is InChI=1S/C22H27ClN2O5S/c23-18-9-12-20(13-10-18)31(28,29)25-19(11-8-17-6-2-3-7-21(17)25)16-30-22(27)24-14-4-1-5-15-26/h2-3,6-7,9-10,12-13,19,26H,1,4-5,8,11,14-16H2,(H,24,27). The number of carbonyl (C=O) groups excluding carboxylic acids is 1. The first-order valence-electron chi connectivity index (χ1n) is 10.3. The van der Waals surface area contributed by atoms with Crippen molar-refractivity contribution >= 4 is 33.4 Å². The van der Waals surface area contributed by atoms with Crippen molar-refractivity contribution in [3.8, 4) is 0 Å². The Balaban J connectivity index is 1.75. The summed E-state index contributed by atoms with van der Waals surface area (Å²) in [6.07, 6.45) is 2.89. The number of para-hydroxylation sites is 1. The zero-order chi connectivity index (χ0) is 22.3. The second-order valence-electron chi connectivity index (χ2n) is 7.39. The average Bonchev–Trinajstić information content (AvgIpc) is 2.77. The van der Waals surface area contributed by atoms with Gasteiger partial charge in [0.15, 0.2) is 0 Å². The molecule has 1 atom stereocenters. The van der Waals surface area contributed by atoms with Crippen LogP contribution in [0.4, 0.5) is 10.5 Å². The van der Waals surface area contributed by atoms with Gasteiger partial charge >= 0.3 is 6.09 Å². The number of amides is 1. The van der Waals surface area contributed by atoms with Gasteiger partial charge < -0.3 is 15.2 Å². The van der Waals surface area contributed by atoms with Crippen LogP contribution in [0, 0.1) is 0 Å². The Morgan fingerprint density at radius 1 is 1.13 bits per heavy atom. The number of aliphatic hydroxyl groups excluding tert-OH is 1. The summed E-state index contributed by atoms with van der Waals surface area (Å²) in [4.78, 5) is 12.2. The fourth-order valence-electron chi connectivity index (χ4n) is 3.60. The number of ether oxygens (including phenoxy) is 1. The van der Waals surface area contributed by atoms with E-state index in [4.69, 9.17) is 21.4 Å². The summed E-state index contributed by atoms with van der Waals surface area (Å²) < 4.78 is 33.7. The second kappa shape index (κ2) is 10.8. The first kappa shape index (κ1) is 23.4. The number of nitrogens with zero attached hydrogens (tertiary/aromatic N) is 1. The quantitative estimate of drug-likeness (QED) is 0.549. The van der Waals surface area contributed by atoms with Gasteiger partial charge in [0, 0.05) is 18.2 Å². The molecule has 2 aromatic carbocycles. The van der Waals surface area contributed by atoms with Gasteiger partial charge in [-0.25, -0.2) is 13.2 Å². The molecule has 3 rings (SSSR count). The molecule has 0 fully saturated rings. The molecule has 2 N–H and O–H groups in total. The predicted molar refractivity (Wildman–Crippen MR) is 120 cm³/mol. The fraction of sp³-hybridized carbons (Fsp3) is 0.409. The molecule has 31 heavy (non-hydrogen) atoms. The normalized spacial score (nSPS) is 15.9. The summed E-state index contributed by atoms with van der Waals surface area (Å²) in [6.45, 7) is 0.522. The monoisotopic (exact) mass is 466 g/mol. The lowest BCUT2D eigenvalue weighted by Gasteiger charge is -2.37. The summed E-state index contributed by atoms with van der Waals surface area (Å²) in [5, 5.41) is 11.9. The molecule has 0 aliphatic carbocycles. The smallest absolute Gasteiger partial charge is 0.407 e. The largest absolute Gasteiger partial charge is 0.447 e. The van der Waals surface area contributed by atoms with Gasteiger partial charge in [-0.15, -0.1) is 0 Å². The van der Waals surface area contributed by atoms with E-state index in [2.05, 4.69) is 5.32 Å². The fourth-order valence-corrected chi connectivity index (χ4v) is 5.43. The number of hydrogen-bond acceptors (Lipinski definition) is 5. The van der Waals surface area contributed by atoms with Gasteiger partial charge in [0.2, 0.25) is 0 Å². The van der Waals surface area contributed by atoms with Gasteiger partial charge in [-0.2, -0.15) is 0 Å². The molecule has 0 bridgehead atoms. The van der Waals surface area contributed by atoms with Gasteiger partial charge in [0.05, 0.1) is 16.6 Å². The molecular formula is C22H27ClN2O5S. The highest BCUT2D eigenvalue weighted by Crippen LogP contribution is 2.35. The molecule has 0 spiro atoms. The van der Waals surface area contributed by atoms with Crippen molar-refractivity contribution in [2.24, 2.45) is 0 Å². The number of anilines is 1. The number of nitrogens with one attached hydrogen (secondary N) is 1. The summed E-state index contributed by atoms with van der Waals surface area (Å²) in [6, 6.07) is 12.9. The van der Waals surface area contributed by atoms with Crippen LogP contribution >= 0.6 is 11.6 Å². The van der Waals surface area contributed by atoms with Crippen LogP contribution in [0.15, 0.2) is 53.4 Å². The van der Waals surface area contributed by atoms with Gasteiger partial charge in [-0.3, -0.25) is 4.31 Å². The van der Waals surface area contributed by atoms with E-state index in [0.29, 0.717) is 36.5 Å². The minimum absolute atomic E-state index is 0.0520. The Labute approximate surface area is 188 Å². The lowest BCUT2D eigenvalue weighted by molar-refractivity contribution is 0.137. The zero-order valence-corrected chi connectivity index (χ0v) is 18.7.